The number of rotatable bonds is 7. The minimum Gasteiger partial charge on any atom is -0.302 e. The van der Waals surface area contributed by atoms with E-state index in [0.717, 1.165) is 37.4 Å². The zero-order valence-electron chi connectivity index (χ0n) is 13.3. The standard InChI is InChI=1S/C18H21N5/c1-22(15-16-9-4-2-5-10-16)14-8-13-18-19-20-21-23(18)17-11-6-3-7-12-17/h2-7,9-12H,8,13-15H2,1H3. The van der Waals surface area contributed by atoms with Crippen LogP contribution < -0.4 is 0 Å². The van der Waals surface area contributed by atoms with E-state index in [1.54, 1.807) is 0 Å². The second-order valence-corrected chi connectivity index (χ2v) is 5.67. The van der Waals surface area contributed by atoms with Gasteiger partial charge in [0.2, 0.25) is 0 Å². The lowest BCUT2D eigenvalue weighted by Gasteiger charge is -2.16. The molecule has 3 rings (SSSR count). The zero-order chi connectivity index (χ0) is 15.9. The number of para-hydroxylation sites is 1. The van der Waals surface area contributed by atoms with Crippen LogP contribution in [0.15, 0.2) is 60.7 Å². The third-order valence-corrected chi connectivity index (χ3v) is 3.77. The molecule has 0 saturated heterocycles. The molecule has 118 valence electrons. The molecule has 0 amide bonds. The molecule has 5 heteroatoms. The lowest BCUT2D eigenvalue weighted by atomic mass is 10.2. The van der Waals surface area contributed by atoms with E-state index in [0.29, 0.717) is 0 Å². The van der Waals surface area contributed by atoms with Crippen molar-refractivity contribution in [2.45, 2.75) is 19.4 Å². The Morgan fingerprint density at radius 1 is 0.957 bits per heavy atom. The lowest BCUT2D eigenvalue weighted by Crippen LogP contribution is -2.20. The molecular formula is C18H21N5. The van der Waals surface area contributed by atoms with Crippen LogP contribution in [-0.2, 0) is 13.0 Å². The first-order valence-electron chi connectivity index (χ1n) is 7.88. The topological polar surface area (TPSA) is 46.8 Å². The molecule has 0 aliphatic rings. The van der Waals surface area contributed by atoms with Gasteiger partial charge < -0.3 is 4.90 Å². The first kappa shape index (κ1) is 15.4. The number of benzene rings is 2. The molecule has 3 aromatic rings. The summed E-state index contributed by atoms with van der Waals surface area (Å²) in [5.74, 6) is 0.907. The second-order valence-electron chi connectivity index (χ2n) is 5.67. The van der Waals surface area contributed by atoms with Crippen LogP contribution in [0.4, 0.5) is 0 Å². The van der Waals surface area contributed by atoms with Crippen LogP contribution in [0.3, 0.4) is 0 Å². The highest BCUT2D eigenvalue weighted by Gasteiger charge is 2.08. The van der Waals surface area contributed by atoms with Crippen molar-refractivity contribution in [1.82, 2.24) is 25.1 Å². The summed E-state index contributed by atoms with van der Waals surface area (Å²) in [5, 5.41) is 12.1. The molecular weight excluding hydrogens is 286 g/mol. The van der Waals surface area contributed by atoms with E-state index in [2.05, 4.69) is 51.7 Å². The molecule has 0 aliphatic heterocycles. The van der Waals surface area contributed by atoms with Crippen molar-refractivity contribution in [3.05, 3.63) is 72.1 Å². The van der Waals surface area contributed by atoms with Gasteiger partial charge in [-0.15, -0.1) is 5.10 Å². The van der Waals surface area contributed by atoms with Gasteiger partial charge in [-0.2, -0.15) is 4.68 Å². The molecule has 0 bridgehead atoms. The maximum atomic E-state index is 4.16. The first-order valence-corrected chi connectivity index (χ1v) is 7.88. The fourth-order valence-electron chi connectivity index (χ4n) is 2.61. The van der Waals surface area contributed by atoms with Crippen molar-refractivity contribution in [3.63, 3.8) is 0 Å². The lowest BCUT2D eigenvalue weighted by molar-refractivity contribution is 0.321. The molecule has 0 N–H and O–H groups in total. The van der Waals surface area contributed by atoms with E-state index in [4.69, 9.17) is 0 Å². The van der Waals surface area contributed by atoms with Crippen LogP contribution in [0.2, 0.25) is 0 Å². The molecule has 0 aliphatic carbocycles. The minimum absolute atomic E-state index is 0.862. The van der Waals surface area contributed by atoms with Crippen LogP contribution in [0.25, 0.3) is 5.69 Å². The number of tetrazole rings is 1. The Labute approximate surface area is 136 Å². The fourth-order valence-corrected chi connectivity index (χ4v) is 2.61. The van der Waals surface area contributed by atoms with E-state index in [-0.39, 0.29) is 0 Å². The average Bonchev–Trinajstić information content (AvgIpc) is 3.05. The maximum Gasteiger partial charge on any atom is 0.156 e. The van der Waals surface area contributed by atoms with Crippen molar-refractivity contribution in [2.24, 2.45) is 0 Å². The number of hydrogen-bond acceptors (Lipinski definition) is 4. The first-order chi connectivity index (χ1) is 11.3. The van der Waals surface area contributed by atoms with Gasteiger partial charge in [0, 0.05) is 13.0 Å². The Balaban J connectivity index is 1.53. The van der Waals surface area contributed by atoms with Gasteiger partial charge in [0.15, 0.2) is 5.82 Å². The Hall–Kier alpha value is -2.53. The molecule has 0 unspecified atom stereocenters. The summed E-state index contributed by atoms with van der Waals surface area (Å²) in [5.41, 5.74) is 2.34. The maximum absolute atomic E-state index is 4.16. The summed E-state index contributed by atoms with van der Waals surface area (Å²) in [6, 6.07) is 20.5. The monoisotopic (exact) mass is 307 g/mol. The molecule has 0 atom stereocenters. The molecule has 2 aromatic carbocycles. The molecule has 0 radical (unpaired) electrons. The third-order valence-electron chi connectivity index (χ3n) is 3.77. The SMILES string of the molecule is CN(CCCc1nnnn1-c1ccccc1)Cc1ccccc1. The van der Waals surface area contributed by atoms with Crippen LogP contribution in [0.1, 0.15) is 17.8 Å². The molecule has 23 heavy (non-hydrogen) atoms. The van der Waals surface area contributed by atoms with Crippen LogP contribution in [0, 0.1) is 0 Å². The Morgan fingerprint density at radius 2 is 1.65 bits per heavy atom. The Kier molecular flexibility index (Phi) is 5.11. The predicted octanol–water partition coefficient (Wildman–Crippen LogP) is 2.73. The van der Waals surface area contributed by atoms with Crippen molar-refractivity contribution < 1.29 is 0 Å². The largest absolute Gasteiger partial charge is 0.302 e. The van der Waals surface area contributed by atoms with Crippen LogP contribution in [0.5, 0.6) is 0 Å². The van der Waals surface area contributed by atoms with Gasteiger partial charge in [-0.3, -0.25) is 0 Å². The normalized spacial score (nSPS) is 11.0. The molecule has 1 aromatic heterocycles. The molecule has 1 heterocycles. The summed E-state index contributed by atoms with van der Waals surface area (Å²) < 4.78 is 1.82. The van der Waals surface area contributed by atoms with Gasteiger partial charge in [0.25, 0.3) is 0 Å². The van der Waals surface area contributed by atoms with E-state index < -0.39 is 0 Å². The van der Waals surface area contributed by atoms with Crippen molar-refractivity contribution >= 4 is 0 Å². The summed E-state index contributed by atoms with van der Waals surface area (Å²) in [7, 11) is 2.15. The van der Waals surface area contributed by atoms with E-state index >= 15 is 0 Å². The van der Waals surface area contributed by atoms with Gasteiger partial charge in [0.1, 0.15) is 0 Å². The van der Waals surface area contributed by atoms with E-state index in [1.807, 2.05) is 41.1 Å². The quantitative estimate of drug-likeness (QED) is 0.673. The van der Waals surface area contributed by atoms with Gasteiger partial charge in [0.05, 0.1) is 5.69 Å². The summed E-state index contributed by atoms with van der Waals surface area (Å²) in [6.07, 6.45) is 1.89. The van der Waals surface area contributed by atoms with Gasteiger partial charge in [-0.25, -0.2) is 0 Å². The van der Waals surface area contributed by atoms with E-state index in [9.17, 15) is 0 Å². The highest BCUT2D eigenvalue weighted by atomic mass is 15.5. The number of hydrogen-bond donors (Lipinski definition) is 0. The second kappa shape index (κ2) is 7.65. The van der Waals surface area contributed by atoms with Gasteiger partial charge in [-0.05, 0) is 48.1 Å². The molecule has 0 spiro atoms. The number of aromatic nitrogens is 4. The average molecular weight is 307 g/mol. The third kappa shape index (κ3) is 4.23. The molecule has 0 fully saturated rings. The van der Waals surface area contributed by atoms with Crippen LogP contribution in [-0.4, -0.2) is 38.7 Å². The number of aryl methyl sites for hydroxylation is 1. The predicted molar refractivity (Wildman–Crippen MR) is 90.3 cm³/mol. The van der Waals surface area contributed by atoms with Crippen molar-refractivity contribution in [2.75, 3.05) is 13.6 Å². The smallest absolute Gasteiger partial charge is 0.156 e. The van der Waals surface area contributed by atoms with Crippen LogP contribution >= 0.6 is 0 Å². The number of nitrogens with zero attached hydrogens (tertiary/aromatic N) is 5. The van der Waals surface area contributed by atoms with Gasteiger partial charge in [-0.1, -0.05) is 48.5 Å². The molecule has 5 nitrogen and oxygen atoms in total. The Bertz CT molecular complexity index is 709. The highest BCUT2D eigenvalue weighted by Crippen LogP contribution is 2.09. The highest BCUT2D eigenvalue weighted by molar-refractivity contribution is 5.30. The summed E-state index contributed by atoms with van der Waals surface area (Å²) >= 11 is 0. The van der Waals surface area contributed by atoms with Crippen molar-refractivity contribution in [1.29, 1.82) is 0 Å². The fraction of sp³-hybridized carbons (Fsp3) is 0.278. The Morgan fingerprint density at radius 3 is 2.39 bits per heavy atom. The van der Waals surface area contributed by atoms with Crippen molar-refractivity contribution in [3.8, 4) is 5.69 Å². The zero-order valence-corrected chi connectivity index (χ0v) is 13.3. The van der Waals surface area contributed by atoms with Gasteiger partial charge >= 0.3 is 0 Å². The summed E-state index contributed by atoms with van der Waals surface area (Å²) in [4.78, 5) is 2.33. The molecule has 0 saturated carbocycles. The van der Waals surface area contributed by atoms with E-state index in [1.165, 1.54) is 5.56 Å². The minimum atomic E-state index is 0.862. The summed E-state index contributed by atoms with van der Waals surface area (Å²) in [6.45, 7) is 1.97.